The molecular formula is C16H13N3O3S. The molecule has 0 saturated heterocycles. The second kappa shape index (κ2) is 6.89. The first kappa shape index (κ1) is 15.0. The van der Waals surface area contributed by atoms with Crippen molar-refractivity contribution >= 4 is 28.1 Å². The second-order valence-corrected chi connectivity index (χ2v) is 5.56. The normalized spacial score (nSPS) is 10.3. The van der Waals surface area contributed by atoms with E-state index < -0.39 is 12.6 Å². The van der Waals surface area contributed by atoms with Gasteiger partial charge in [-0.15, -0.1) is 10.2 Å². The molecule has 23 heavy (non-hydrogen) atoms. The third-order valence-electron chi connectivity index (χ3n) is 2.92. The molecule has 116 valence electrons. The first-order valence-corrected chi connectivity index (χ1v) is 7.63. The zero-order chi connectivity index (χ0) is 16.1. The van der Waals surface area contributed by atoms with E-state index in [1.165, 1.54) is 11.3 Å². The maximum absolute atomic E-state index is 10.7. The van der Waals surface area contributed by atoms with E-state index in [4.69, 9.17) is 9.84 Å². The summed E-state index contributed by atoms with van der Waals surface area (Å²) in [4.78, 5) is 10.7. The van der Waals surface area contributed by atoms with Crippen LogP contribution in [0.25, 0.3) is 10.6 Å². The molecule has 1 aromatic heterocycles. The Hall–Kier alpha value is -2.93. The number of carboxylic acid groups (broad SMARTS) is 1. The molecule has 0 saturated carbocycles. The number of hydrogen-bond acceptors (Lipinski definition) is 6. The van der Waals surface area contributed by atoms with Gasteiger partial charge in [-0.3, -0.25) is 0 Å². The lowest BCUT2D eigenvalue weighted by molar-refractivity contribution is -0.139. The first-order chi connectivity index (χ1) is 11.2. The zero-order valence-corrected chi connectivity index (χ0v) is 12.8. The van der Waals surface area contributed by atoms with Crippen molar-refractivity contribution in [1.29, 1.82) is 0 Å². The van der Waals surface area contributed by atoms with Crippen molar-refractivity contribution in [1.82, 2.24) is 10.2 Å². The van der Waals surface area contributed by atoms with E-state index in [0.29, 0.717) is 21.5 Å². The topological polar surface area (TPSA) is 84.3 Å². The lowest BCUT2D eigenvalue weighted by Crippen LogP contribution is -2.09. The maximum atomic E-state index is 10.7. The summed E-state index contributed by atoms with van der Waals surface area (Å²) in [6.07, 6.45) is 0. The van der Waals surface area contributed by atoms with Crippen LogP contribution in [0.15, 0.2) is 54.6 Å². The summed E-state index contributed by atoms with van der Waals surface area (Å²) in [7, 11) is 0. The molecule has 0 aliphatic rings. The summed E-state index contributed by atoms with van der Waals surface area (Å²) >= 11 is 1.37. The van der Waals surface area contributed by atoms with Crippen LogP contribution < -0.4 is 10.1 Å². The molecule has 2 N–H and O–H groups in total. The second-order valence-electron chi connectivity index (χ2n) is 4.58. The number of ether oxygens (including phenoxy) is 1. The Balaban J connectivity index is 1.81. The summed E-state index contributed by atoms with van der Waals surface area (Å²) < 4.78 is 5.30. The van der Waals surface area contributed by atoms with Gasteiger partial charge >= 0.3 is 5.97 Å². The number of benzene rings is 2. The Morgan fingerprint density at radius 2 is 1.83 bits per heavy atom. The van der Waals surface area contributed by atoms with Gasteiger partial charge in [-0.2, -0.15) is 0 Å². The monoisotopic (exact) mass is 327 g/mol. The Morgan fingerprint density at radius 1 is 1.09 bits per heavy atom. The summed E-state index contributed by atoms with van der Waals surface area (Å²) in [6, 6.07) is 16.8. The Morgan fingerprint density at radius 3 is 2.61 bits per heavy atom. The highest BCUT2D eigenvalue weighted by Crippen LogP contribution is 2.34. The van der Waals surface area contributed by atoms with Crippen LogP contribution in [-0.4, -0.2) is 27.9 Å². The van der Waals surface area contributed by atoms with E-state index in [2.05, 4.69) is 15.5 Å². The van der Waals surface area contributed by atoms with Crippen molar-refractivity contribution in [2.45, 2.75) is 0 Å². The van der Waals surface area contributed by atoms with Gasteiger partial charge in [0.1, 0.15) is 5.75 Å². The Bertz CT molecular complexity index is 805. The minimum atomic E-state index is -1.02. The molecule has 0 aliphatic carbocycles. The number of nitrogens with one attached hydrogen (secondary N) is 1. The summed E-state index contributed by atoms with van der Waals surface area (Å²) in [5.41, 5.74) is 1.64. The van der Waals surface area contributed by atoms with E-state index in [1.54, 1.807) is 12.1 Å². The van der Waals surface area contributed by atoms with E-state index >= 15 is 0 Å². The number of para-hydroxylation sites is 2. The number of hydrogen-bond donors (Lipinski definition) is 2. The highest BCUT2D eigenvalue weighted by molar-refractivity contribution is 7.18. The van der Waals surface area contributed by atoms with Crippen LogP contribution in [0.3, 0.4) is 0 Å². The molecule has 3 aromatic rings. The van der Waals surface area contributed by atoms with Crippen molar-refractivity contribution in [2.24, 2.45) is 0 Å². The van der Waals surface area contributed by atoms with Crippen molar-refractivity contribution in [3.63, 3.8) is 0 Å². The van der Waals surface area contributed by atoms with Crippen molar-refractivity contribution in [3.8, 4) is 16.3 Å². The first-order valence-electron chi connectivity index (χ1n) is 6.82. The third-order valence-corrected chi connectivity index (χ3v) is 3.79. The molecule has 6 nitrogen and oxygen atoms in total. The highest BCUT2D eigenvalue weighted by Gasteiger charge is 2.12. The molecule has 2 aromatic carbocycles. The van der Waals surface area contributed by atoms with Crippen LogP contribution in [0.2, 0.25) is 0 Å². The molecule has 0 bridgehead atoms. The molecule has 0 unspecified atom stereocenters. The average Bonchev–Trinajstić information content (AvgIpc) is 3.02. The SMILES string of the molecule is O=C(O)COc1ccccc1-c1nnc(Nc2ccccc2)s1. The zero-order valence-electron chi connectivity index (χ0n) is 12.0. The van der Waals surface area contributed by atoms with Crippen LogP contribution in [0, 0.1) is 0 Å². The van der Waals surface area contributed by atoms with Gasteiger partial charge in [0, 0.05) is 5.69 Å². The standard InChI is InChI=1S/C16H13N3O3S/c20-14(21)10-22-13-9-5-4-8-12(13)15-18-19-16(23-15)17-11-6-2-1-3-7-11/h1-9H,10H2,(H,17,19)(H,20,21). The molecule has 0 spiro atoms. The molecule has 3 rings (SSSR count). The van der Waals surface area contributed by atoms with Gasteiger partial charge < -0.3 is 15.2 Å². The van der Waals surface area contributed by atoms with Crippen LogP contribution >= 0.6 is 11.3 Å². The smallest absolute Gasteiger partial charge is 0.341 e. The number of anilines is 2. The lowest BCUT2D eigenvalue weighted by atomic mass is 10.2. The molecule has 0 fully saturated rings. The number of aliphatic carboxylic acids is 1. The summed E-state index contributed by atoms with van der Waals surface area (Å²) in [5, 5.41) is 21.5. The van der Waals surface area contributed by atoms with Crippen LogP contribution in [0.5, 0.6) is 5.75 Å². The lowest BCUT2D eigenvalue weighted by Gasteiger charge is -2.06. The van der Waals surface area contributed by atoms with Gasteiger partial charge in [0.25, 0.3) is 0 Å². The van der Waals surface area contributed by atoms with E-state index in [0.717, 1.165) is 5.69 Å². The largest absolute Gasteiger partial charge is 0.481 e. The van der Waals surface area contributed by atoms with Gasteiger partial charge in [-0.25, -0.2) is 4.79 Å². The van der Waals surface area contributed by atoms with Crippen LogP contribution in [-0.2, 0) is 4.79 Å². The van der Waals surface area contributed by atoms with Gasteiger partial charge in [-0.05, 0) is 24.3 Å². The molecule has 0 atom stereocenters. The minimum Gasteiger partial charge on any atom is -0.481 e. The predicted octanol–water partition coefficient (Wildman–Crippen LogP) is 3.41. The quantitative estimate of drug-likeness (QED) is 0.722. The minimum absolute atomic E-state index is 0.398. The molecule has 0 amide bonds. The molecular weight excluding hydrogens is 314 g/mol. The number of nitrogens with zero attached hydrogens (tertiary/aromatic N) is 2. The third kappa shape index (κ3) is 3.83. The summed E-state index contributed by atoms with van der Waals surface area (Å²) in [6.45, 7) is -0.398. The average molecular weight is 327 g/mol. The van der Waals surface area contributed by atoms with Crippen molar-refractivity contribution < 1.29 is 14.6 Å². The van der Waals surface area contributed by atoms with Crippen LogP contribution in [0.1, 0.15) is 0 Å². The number of carboxylic acids is 1. The predicted molar refractivity (Wildman–Crippen MR) is 88.2 cm³/mol. The molecule has 7 heteroatoms. The Kier molecular flexibility index (Phi) is 4.49. The van der Waals surface area contributed by atoms with Gasteiger partial charge in [-0.1, -0.05) is 41.7 Å². The molecule has 0 radical (unpaired) electrons. The van der Waals surface area contributed by atoms with Gasteiger partial charge in [0.2, 0.25) is 5.13 Å². The Labute approximate surface area is 136 Å². The fourth-order valence-electron chi connectivity index (χ4n) is 1.94. The van der Waals surface area contributed by atoms with Gasteiger partial charge in [0.15, 0.2) is 11.6 Å². The van der Waals surface area contributed by atoms with E-state index in [-0.39, 0.29) is 0 Å². The summed E-state index contributed by atoms with van der Waals surface area (Å²) in [5.74, 6) is -0.555. The fraction of sp³-hybridized carbons (Fsp3) is 0.0625. The van der Waals surface area contributed by atoms with E-state index in [1.807, 2.05) is 42.5 Å². The molecule has 0 aliphatic heterocycles. The number of aromatic nitrogens is 2. The van der Waals surface area contributed by atoms with Gasteiger partial charge in [0.05, 0.1) is 5.56 Å². The fourth-order valence-corrected chi connectivity index (χ4v) is 2.73. The van der Waals surface area contributed by atoms with Crippen molar-refractivity contribution in [2.75, 3.05) is 11.9 Å². The number of rotatable bonds is 6. The number of carbonyl (C=O) groups is 1. The van der Waals surface area contributed by atoms with Crippen molar-refractivity contribution in [3.05, 3.63) is 54.6 Å². The highest BCUT2D eigenvalue weighted by atomic mass is 32.1. The maximum Gasteiger partial charge on any atom is 0.341 e. The van der Waals surface area contributed by atoms with Crippen LogP contribution in [0.4, 0.5) is 10.8 Å². The molecule has 1 heterocycles. The van der Waals surface area contributed by atoms with E-state index in [9.17, 15) is 4.79 Å².